The third-order valence-corrected chi connectivity index (χ3v) is 3.36. The van der Waals surface area contributed by atoms with E-state index in [9.17, 15) is 4.79 Å². The van der Waals surface area contributed by atoms with Gasteiger partial charge in [0.1, 0.15) is 0 Å². The topological polar surface area (TPSA) is 25.3 Å². The minimum Gasteiger partial charge on any atom is -0.293 e. The fraction of sp³-hybridized carbons (Fsp3) is 0.118. The van der Waals surface area contributed by atoms with Crippen LogP contribution in [-0.2, 0) is 11.3 Å². The highest BCUT2D eigenvalue weighted by Crippen LogP contribution is 2.26. The number of hydrogen-bond donors (Lipinski definition) is 0. The van der Waals surface area contributed by atoms with Crippen molar-refractivity contribution in [3.05, 3.63) is 60.1 Å². The van der Waals surface area contributed by atoms with Crippen molar-refractivity contribution in [2.24, 2.45) is 0 Å². The summed E-state index contributed by atoms with van der Waals surface area (Å²) in [6.07, 6.45) is 2.00. The standard InChI is InChI=1S/C17H13N2O/c1-12(20)10-19-11-13-5-3-4-6-15(13)16-9-14(18-2)7-8-17(16)19/h3-9,11H,10H2,1H3/q+1. The first kappa shape index (κ1) is 12.3. The van der Waals surface area contributed by atoms with Crippen LogP contribution in [0.2, 0.25) is 0 Å². The zero-order valence-corrected chi connectivity index (χ0v) is 11.1. The maximum Gasteiger partial charge on any atom is 0.210 e. The number of fused-ring (bicyclic) bond motifs is 3. The number of pyridine rings is 1. The molecule has 3 rings (SSSR count). The molecule has 0 fully saturated rings. The Morgan fingerprint density at radius 1 is 1.20 bits per heavy atom. The van der Waals surface area contributed by atoms with Gasteiger partial charge < -0.3 is 0 Å². The lowest BCUT2D eigenvalue weighted by atomic mass is 10.1. The molecule has 1 aromatic heterocycles. The van der Waals surface area contributed by atoms with E-state index in [-0.39, 0.29) is 5.78 Å². The van der Waals surface area contributed by atoms with Crippen LogP contribution in [0.4, 0.5) is 5.69 Å². The predicted molar refractivity (Wildman–Crippen MR) is 78.6 cm³/mol. The molecule has 0 saturated heterocycles. The maximum absolute atomic E-state index is 11.4. The van der Waals surface area contributed by atoms with Gasteiger partial charge in [-0.3, -0.25) is 4.79 Å². The molecule has 0 aliphatic rings. The van der Waals surface area contributed by atoms with Crippen molar-refractivity contribution >= 4 is 33.1 Å². The number of rotatable bonds is 2. The average molecular weight is 261 g/mol. The molecule has 1 heterocycles. The molecule has 96 valence electrons. The maximum atomic E-state index is 11.4. The zero-order valence-electron chi connectivity index (χ0n) is 11.1. The fourth-order valence-electron chi connectivity index (χ4n) is 2.52. The fourth-order valence-corrected chi connectivity index (χ4v) is 2.52. The monoisotopic (exact) mass is 261 g/mol. The summed E-state index contributed by atoms with van der Waals surface area (Å²) in [5.74, 6) is 0.112. The van der Waals surface area contributed by atoms with Crippen molar-refractivity contribution in [1.29, 1.82) is 0 Å². The highest BCUT2D eigenvalue weighted by Gasteiger charge is 2.15. The molecule has 3 nitrogen and oxygen atoms in total. The molecule has 0 aliphatic carbocycles. The second-order valence-electron chi connectivity index (χ2n) is 4.86. The summed E-state index contributed by atoms with van der Waals surface area (Å²) < 4.78 is 1.95. The number of carbonyl (C=O) groups excluding carboxylic acids is 1. The van der Waals surface area contributed by atoms with Gasteiger partial charge in [-0.05, 0) is 24.3 Å². The molecule has 0 aliphatic heterocycles. The Morgan fingerprint density at radius 3 is 2.75 bits per heavy atom. The van der Waals surface area contributed by atoms with E-state index < -0.39 is 0 Å². The third-order valence-electron chi connectivity index (χ3n) is 3.36. The highest BCUT2D eigenvalue weighted by molar-refractivity contribution is 6.05. The Bertz CT molecular complexity index is 875. The predicted octanol–water partition coefficient (Wildman–Crippen LogP) is 3.42. The second kappa shape index (κ2) is 4.75. The van der Waals surface area contributed by atoms with Gasteiger partial charge in [0.2, 0.25) is 12.1 Å². The Labute approximate surface area is 116 Å². The minimum atomic E-state index is 0.112. The summed E-state index contributed by atoms with van der Waals surface area (Å²) in [4.78, 5) is 14.9. The lowest BCUT2D eigenvalue weighted by Crippen LogP contribution is -2.37. The molecule has 0 atom stereocenters. The minimum absolute atomic E-state index is 0.112. The van der Waals surface area contributed by atoms with E-state index in [1.807, 2.05) is 47.2 Å². The summed E-state index contributed by atoms with van der Waals surface area (Å²) in [5.41, 5.74) is 1.59. The van der Waals surface area contributed by atoms with Crippen molar-refractivity contribution < 1.29 is 9.36 Å². The number of carbonyl (C=O) groups is 1. The number of aromatic nitrogens is 1. The van der Waals surface area contributed by atoms with E-state index in [0.717, 1.165) is 21.7 Å². The second-order valence-corrected chi connectivity index (χ2v) is 4.86. The first-order valence-electron chi connectivity index (χ1n) is 6.41. The van der Waals surface area contributed by atoms with Crippen LogP contribution in [0.15, 0.2) is 48.7 Å². The van der Waals surface area contributed by atoms with Crippen LogP contribution in [0, 0.1) is 6.57 Å². The lowest BCUT2D eigenvalue weighted by Gasteiger charge is -2.05. The summed E-state index contributed by atoms with van der Waals surface area (Å²) in [6, 6.07) is 13.6. The van der Waals surface area contributed by atoms with Crippen LogP contribution < -0.4 is 4.57 Å². The molecule has 3 heteroatoms. The van der Waals surface area contributed by atoms with Crippen LogP contribution >= 0.6 is 0 Å². The van der Waals surface area contributed by atoms with Gasteiger partial charge in [0.15, 0.2) is 17.7 Å². The number of nitrogens with zero attached hydrogens (tertiary/aromatic N) is 2. The molecular formula is C17H13N2O+. The molecule has 20 heavy (non-hydrogen) atoms. The molecule has 3 aromatic rings. The van der Waals surface area contributed by atoms with Crippen LogP contribution in [0.5, 0.6) is 0 Å². The Kier molecular flexibility index (Phi) is 2.92. The summed E-state index contributed by atoms with van der Waals surface area (Å²) >= 11 is 0. The largest absolute Gasteiger partial charge is 0.293 e. The number of Topliss-reactive ketones (excluding diaryl/α,β-unsaturated/α-hetero) is 1. The first-order chi connectivity index (χ1) is 9.69. The Balaban J connectivity index is 2.44. The van der Waals surface area contributed by atoms with Gasteiger partial charge >= 0.3 is 0 Å². The number of ketones is 1. The molecule has 2 aromatic carbocycles. The third kappa shape index (κ3) is 2.02. The summed E-state index contributed by atoms with van der Waals surface area (Å²) in [7, 11) is 0. The lowest BCUT2D eigenvalue weighted by molar-refractivity contribution is -0.656. The summed E-state index contributed by atoms with van der Waals surface area (Å²) in [6.45, 7) is 9.09. The van der Waals surface area contributed by atoms with Crippen LogP contribution in [0.3, 0.4) is 0 Å². The molecule has 0 saturated carbocycles. The van der Waals surface area contributed by atoms with E-state index in [1.165, 1.54) is 0 Å². The van der Waals surface area contributed by atoms with Crippen molar-refractivity contribution in [3.8, 4) is 0 Å². The van der Waals surface area contributed by atoms with Crippen LogP contribution in [0.25, 0.3) is 26.5 Å². The van der Waals surface area contributed by atoms with Gasteiger partial charge in [-0.25, -0.2) is 4.85 Å². The molecule has 0 spiro atoms. The van der Waals surface area contributed by atoms with E-state index in [4.69, 9.17) is 6.57 Å². The molecule has 0 N–H and O–H groups in total. The van der Waals surface area contributed by atoms with Crippen molar-refractivity contribution in [2.45, 2.75) is 13.5 Å². The van der Waals surface area contributed by atoms with Gasteiger partial charge in [-0.2, -0.15) is 4.57 Å². The van der Waals surface area contributed by atoms with Gasteiger partial charge in [-0.15, -0.1) is 0 Å². The average Bonchev–Trinajstić information content (AvgIpc) is 2.46. The van der Waals surface area contributed by atoms with Gasteiger partial charge in [0, 0.05) is 23.1 Å². The van der Waals surface area contributed by atoms with Gasteiger partial charge in [-0.1, -0.05) is 18.2 Å². The zero-order chi connectivity index (χ0) is 14.1. The van der Waals surface area contributed by atoms with Crippen molar-refractivity contribution in [2.75, 3.05) is 0 Å². The Hall–Kier alpha value is -2.73. The van der Waals surface area contributed by atoms with Crippen LogP contribution in [0.1, 0.15) is 6.92 Å². The van der Waals surface area contributed by atoms with Crippen molar-refractivity contribution in [3.63, 3.8) is 0 Å². The molecule has 0 bridgehead atoms. The normalized spacial score (nSPS) is 10.6. The number of benzene rings is 2. The van der Waals surface area contributed by atoms with Gasteiger partial charge in [0.25, 0.3) is 0 Å². The molecule has 0 amide bonds. The van der Waals surface area contributed by atoms with E-state index >= 15 is 0 Å². The Morgan fingerprint density at radius 2 is 2.00 bits per heavy atom. The smallest absolute Gasteiger partial charge is 0.210 e. The number of hydrogen-bond acceptors (Lipinski definition) is 1. The molecule has 0 unspecified atom stereocenters. The SMILES string of the molecule is [C-]#[N+]c1ccc2c(c1)c1ccccc1c[n+]2CC(C)=O. The quantitative estimate of drug-likeness (QED) is 0.394. The van der Waals surface area contributed by atoms with Crippen LogP contribution in [-0.4, -0.2) is 5.78 Å². The molecular weight excluding hydrogens is 248 g/mol. The highest BCUT2D eigenvalue weighted by atomic mass is 16.1. The summed E-state index contributed by atoms with van der Waals surface area (Å²) in [5, 5.41) is 3.19. The molecule has 0 radical (unpaired) electrons. The first-order valence-corrected chi connectivity index (χ1v) is 6.41. The van der Waals surface area contributed by atoms with E-state index in [2.05, 4.69) is 4.85 Å². The van der Waals surface area contributed by atoms with E-state index in [0.29, 0.717) is 12.2 Å². The van der Waals surface area contributed by atoms with Gasteiger partial charge in [0.05, 0.1) is 6.57 Å². The van der Waals surface area contributed by atoms with Crippen molar-refractivity contribution in [1.82, 2.24) is 0 Å². The van der Waals surface area contributed by atoms with E-state index in [1.54, 1.807) is 13.0 Å².